The molecule has 5 nitrogen and oxygen atoms in total. The maximum atomic E-state index is 11.8. The Bertz CT molecular complexity index is 277. The average molecular weight is 226 g/mol. The number of amides is 1. The van der Waals surface area contributed by atoms with Gasteiger partial charge in [0.1, 0.15) is 0 Å². The van der Waals surface area contributed by atoms with Crippen molar-refractivity contribution in [1.29, 1.82) is 0 Å². The number of hydrogen-bond acceptors (Lipinski definition) is 3. The molecule has 0 spiro atoms. The smallest absolute Gasteiger partial charge is 0.339 e. The number of hydrogen-bond donors (Lipinski definition) is 1. The van der Waals surface area contributed by atoms with Gasteiger partial charge in [-0.05, 0) is 13.0 Å². The molecule has 0 rings (SSSR count). The lowest BCUT2D eigenvalue weighted by Crippen LogP contribution is -2.48. The maximum absolute atomic E-state index is 11.8. The van der Waals surface area contributed by atoms with Gasteiger partial charge in [-0.1, -0.05) is 6.58 Å². The van der Waals surface area contributed by atoms with Gasteiger partial charge >= 0.3 is 12.1 Å². The molecule has 2 atom stereocenters. The summed E-state index contributed by atoms with van der Waals surface area (Å²) in [4.78, 5) is 19.9. The minimum Gasteiger partial charge on any atom is -0.339 e. The first kappa shape index (κ1) is 13.4. The first-order valence-electron chi connectivity index (χ1n) is 3.84. The van der Waals surface area contributed by atoms with Crippen molar-refractivity contribution in [2.45, 2.75) is 25.2 Å². The number of rotatable bonds is 4. The Morgan fingerprint density at radius 1 is 1.60 bits per heavy atom. The number of nitro groups is 1. The highest BCUT2D eigenvalue weighted by atomic mass is 19.4. The normalized spacial score (nSPS) is 15.2. The third kappa shape index (κ3) is 3.96. The Kier molecular flexibility index (Phi) is 4.25. The van der Waals surface area contributed by atoms with Crippen LogP contribution in [0.4, 0.5) is 13.2 Å². The van der Waals surface area contributed by atoms with Crippen molar-refractivity contribution in [1.82, 2.24) is 5.32 Å². The fraction of sp³-hybridized carbons (Fsp3) is 0.571. The van der Waals surface area contributed by atoms with Crippen molar-refractivity contribution >= 4 is 5.91 Å². The molecule has 86 valence electrons. The van der Waals surface area contributed by atoms with Crippen molar-refractivity contribution in [3.05, 3.63) is 22.8 Å². The third-order valence-electron chi connectivity index (χ3n) is 1.61. The molecule has 0 aliphatic heterocycles. The zero-order valence-electron chi connectivity index (χ0n) is 7.75. The van der Waals surface area contributed by atoms with Crippen molar-refractivity contribution in [3.8, 4) is 0 Å². The monoisotopic (exact) mass is 226 g/mol. The van der Waals surface area contributed by atoms with E-state index in [9.17, 15) is 28.1 Å². The van der Waals surface area contributed by atoms with E-state index in [0.29, 0.717) is 0 Å². The van der Waals surface area contributed by atoms with Crippen molar-refractivity contribution in [2.75, 3.05) is 0 Å². The highest BCUT2D eigenvalue weighted by Crippen LogP contribution is 2.15. The summed E-state index contributed by atoms with van der Waals surface area (Å²) in [7, 11) is 0. The largest absolute Gasteiger partial charge is 0.471 e. The minimum atomic E-state index is -5.05. The molecule has 0 fully saturated rings. The van der Waals surface area contributed by atoms with Crippen LogP contribution in [0.1, 0.15) is 6.92 Å². The standard InChI is InChI=1S/C7H9F3N2O3/c1-3-5(12(14)15)4(2)11-6(13)7(8,9)10/h3-5H,1H2,2H3,(H,11,13). The van der Waals surface area contributed by atoms with E-state index >= 15 is 0 Å². The summed E-state index contributed by atoms with van der Waals surface area (Å²) in [6.45, 7) is 4.19. The molecule has 0 aliphatic carbocycles. The van der Waals surface area contributed by atoms with Crippen LogP contribution in [0, 0.1) is 10.1 Å². The Balaban J connectivity index is 4.48. The molecule has 2 unspecified atom stereocenters. The van der Waals surface area contributed by atoms with Crippen molar-refractivity contribution < 1.29 is 22.9 Å². The van der Waals surface area contributed by atoms with Gasteiger partial charge in [-0.3, -0.25) is 14.9 Å². The third-order valence-corrected chi connectivity index (χ3v) is 1.61. The molecule has 1 amide bonds. The number of halogens is 3. The molecule has 0 radical (unpaired) electrons. The van der Waals surface area contributed by atoms with Crippen LogP contribution in [0.2, 0.25) is 0 Å². The first-order chi connectivity index (χ1) is 6.70. The van der Waals surface area contributed by atoms with E-state index in [2.05, 4.69) is 6.58 Å². The molecule has 0 bridgehead atoms. The van der Waals surface area contributed by atoms with Gasteiger partial charge < -0.3 is 5.32 Å². The summed E-state index contributed by atoms with van der Waals surface area (Å²) in [5, 5.41) is 11.8. The van der Waals surface area contributed by atoms with E-state index in [0.717, 1.165) is 13.0 Å². The van der Waals surface area contributed by atoms with E-state index in [1.54, 1.807) is 0 Å². The molecule has 0 aliphatic rings. The van der Waals surface area contributed by atoms with Gasteiger partial charge in [-0.2, -0.15) is 13.2 Å². The van der Waals surface area contributed by atoms with Crippen LogP contribution < -0.4 is 5.32 Å². The second-order valence-electron chi connectivity index (χ2n) is 2.77. The molecular formula is C7H9F3N2O3. The van der Waals surface area contributed by atoms with E-state index in [4.69, 9.17) is 0 Å². The summed E-state index contributed by atoms with van der Waals surface area (Å²) < 4.78 is 35.3. The molecule has 15 heavy (non-hydrogen) atoms. The lowest BCUT2D eigenvalue weighted by Gasteiger charge is -2.16. The number of carbonyl (C=O) groups excluding carboxylic acids is 1. The minimum absolute atomic E-state index is 0.825. The Labute approximate surface area is 83.1 Å². The second-order valence-corrected chi connectivity index (χ2v) is 2.77. The summed E-state index contributed by atoms with van der Waals surface area (Å²) in [5.41, 5.74) is 0. The molecule has 1 N–H and O–H groups in total. The van der Waals surface area contributed by atoms with Crippen molar-refractivity contribution in [3.63, 3.8) is 0 Å². The summed E-state index contributed by atoms with van der Waals surface area (Å²) in [6.07, 6.45) is -4.18. The van der Waals surface area contributed by atoms with Crippen molar-refractivity contribution in [2.24, 2.45) is 0 Å². The summed E-state index contributed by atoms with van der Waals surface area (Å²) in [5.74, 6) is -2.20. The second kappa shape index (κ2) is 4.76. The van der Waals surface area contributed by atoms with Gasteiger partial charge in [0.15, 0.2) is 0 Å². The van der Waals surface area contributed by atoms with Crippen LogP contribution in [0.25, 0.3) is 0 Å². The predicted molar refractivity (Wildman–Crippen MR) is 44.6 cm³/mol. The van der Waals surface area contributed by atoms with Gasteiger partial charge in [-0.25, -0.2) is 0 Å². The Morgan fingerprint density at radius 3 is 2.33 bits per heavy atom. The summed E-state index contributed by atoms with van der Waals surface area (Å²) in [6, 6.07) is -2.72. The van der Waals surface area contributed by atoms with Crippen LogP contribution in [0.15, 0.2) is 12.7 Å². The van der Waals surface area contributed by atoms with Gasteiger partial charge in [0.25, 0.3) is 6.04 Å². The van der Waals surface area contributed by atoms with E-state index in [1.807, 2.05) is 0 Å². The van der Waals surface area contributed by atoms with Crippen LogP contribution in [0.3, 0.4) is 0 Å². The number of nitrogens with zero attached hydrogens (tertiary/aromatic N) is 1. The number of carbonyl (C=O) groups is 1. The molecule has 0 aromatic heterocycles. The van der Waals surface area contributed by atoms with E-state index < -0.39 is 29.1 Å². The Morgan fingerprint density at radius 2 is 2.07 bits per heavy atom. The van der Waals surface area contributed by atoms with Crippen LogP contribution in [-0.4, -0.2) is 29.1 Å². The maximum Gasteiger partial charge on any atom is 0.471 e. The van der Waals surface area contributed by atoms with Crippen LogP contribution >= 0.6 is 0 Å². The molecule has 0 aromatic carbocycles. The van der Waals surface area contributed by atoms with E-state index in [1.165, 1.54) is 5.32 Å². The van der Waals surface area contributed by atoms with Gasteiger partial charge in [0.05, 0.1) is 6.04 Å². The van der Waals surface area contributed by atoms with Crippen LogP contribution in [-0.2, 0) is 4.79 Å². The fourth-order valence-corrected chi connectivity index (χ4v) is 0.847. The number of alkyl halides is 3. The van der Waals surface area contributed by atoms with E-state index in [-0.39, 0.29) is 0 Å². The number of nitrogens with one attached hydrogen (secondary N) is 1. The van der Waals surface area contributed by atoms with Gasteiger partial charge in [0, 0.05) is 4.92 Å². The zero-order chi connectivity index (χ0) is 12.2. The lowest BCUT2D eigenvalue weighted by atomic mass is 10.1. The predicted octanol–water partition coefficient (Wildman–Crippen LogP) is 0.885. The molecule has 0 saturated carbocycles. The Hall–Kier alpha value is -1.60. The zero-order valence-corrected chi connectivity index (χ0v) is 7.75. The first-order valence-corrected chi connectivity index (χ1v) is 3.84. The molecule has 8 heteroatoms. The molecule has 0 heterocycles. The SMILES string of the molecule is C=CC(C(C)NC(=O)C(F)(F)F)[N+](=O)[O-]. The topological polar surface area (TPSA) is 72.2 Å². The quantitative estimate of drug-likeness (QED) is 0.439. The van der Waals surface area contributed by atoms with Crippen LogP contribution in [0.5, 0.6) is 0 Å². The van der Waals surface area contributed by atoms with Gasteiger partial charge in [0.2, 0.25) is 0 Å². The highest BCUT2D eigenvalue weighted by molar-refractivity contribution is 5.81. The average Bonchev–Trinajstić information content (AvgIpc) is 2.02. The summed E-state index contributed by atoms with van der Waals surface area (Å²) >= 11 is 0. The highest BCUT2D eigenvalue weighted by Gasteiger charge is 2.41. The fourth-order valence-electron chi connectivity index (χ4n) is 0.847. The van der Waals surface area contributed by atoms with Gasteiger partial charge in [-0.15, -0.1) is 0 Å². The molecular weight excluding hydrogens is 217 g/mol. The molecule has 0 aromatic rings. The molecule has 0 saturated heterocycles. The lowest BCUT2D eigenvalue weighted by molar-refractivity contribution is -0.512.